The van der Waals surface area contributed by atoms with Crippen molar-refractivity contribution in [2.24, 2.45) is 13.0 Å². The molecule has 2 aromatic carbocycles. The van der Waals surface area contributed by atoms with Crippen LogP contribution in [-0.2, 0) is 20.1 Å². The molecule has 7 heteroatoms. The molecule has 176 valence electrons. The normalized spacial score (nSPS) is 15.7. The maximum absolute atomic E-state index is 13.8. The third-order valence-corrected chi connectivity index (χ3v) is 6.79. The molecule has 0 N–H and O–H groups in total. The average Bonchev–Trinajstić information content (AvgIpc) is 3.15. The van der Waals surface area contributed by atoms with Gasteiger partial charge in [0.05, 0.1) is 6.54 Å². The minimum absolute atomic E-state index is 0.242. The van der Waals surface area contributed by atoms with Crippen molar-refractivity contribution >= 4 is 22.8 Å². The summed E-state index contributed by atoms with van der Waals surface area (Å²) in [5, 5.41) is 0. The Morgan fingerprint density at radius 2 is 1.65 bits per heavy atom. The minimum Gasteiger partial charge on any atom is -0.312 e. The van der Waals surface area contributed by atoms with Gasteiger partial charge in [0.15, 0.2) is 11.2 Å². The second kappa shape index (κ2) is 8.01. The highest BCUT2D eigenvalue weighted by atomic mass is 16.2. The van der Waals surface area contributed by atoms with Crippen LogP contribution in [0.4, 0.5) is 11.6 Å². The molecular formula is C27H31N5O2. The second-order valence-electron chi connectivity index (χ2n) is 9.92. The lowest BCUT2D eigenvalue weighted by Gasteiger charge is -2.33. The molecule has 0 saturated carbocycles. The van der Waals surface area contributed by atoms with Gasteiger partial charge in [0.2, 0.25) is 5.95 Å². The van der Waals surface area contributed by atoms with Gasteiger partial charge in [-0.25, -0.2) is 4.79 Å². The van der Waals surface area contributed by atoms with E-state index in [9.17, 15) is 9.59 Å². The summed E-state index contributed by atoms with van der Waals surface area (Å²) in [5.41, 5.74) is 6.85. The molecule has 0 amide bonds. The Kier molecular flexibility index (Phi) is 5.23. The first-order chi connectivity index (χ1) is 16.1. The van der Waals surface area contributed by atoms with Gasteiger partial charge in [0.25, 0.3) is 5.56 Å². The van der Waals surface area contributed by atoms with E-state index in [1.807, 2.05) is 36.6 Å². The number of nitrogens with zero attached hydrogens (tertiary/aromatic N) is 5. The van der Waals surface area contributed by atoms with Gasteiger partial charge in [0, 0.05) is 25.8 Å². The number of hydrogen-bond acceptors (Lipinski definition) is 4. The van der Waals surface area contributed by atoms with E-state index in [0.29, 0.717) is 23.6 Å². The van der Waals surface area contributed by atoms with Crippen molar-refractivity contribution in [3.63, 3.8) is 0 Å². The molecule has 0 fully saturated rings. The van der Waals surface area contributed by atoms with E-state index in [-0.39, 0.29) is 17.8 Å². The number of benzene rings is 2. The molecule has 1 atom stereocenters. The van der Waals surface area contributed by atoms with Crippen molar-refractivity contribution < 1.29 is 0 Å². The SMILES string of the molecule is Cc1cc(C)cc(N2C[C@H](C)Cn3c2nc2c3c(=O)n(Cc3cc(C)ccc3C)c(=O)n2C)c1. The van der Waals surface area contributed by atoms with Gasteiger partial charge in [-0.05, 0) is 68.0 Å². The minimum atomic E-state index is -0.347. The van der Waals surface area contributed by atoms with Crippen LogP contribution in [0.3, 0.4) is 0 Å². The Morgan fingerprint density at radius 1 is 0.941 bits per heavy atom. The Labute approximate surface area is 198 Å². The fourth-order valence-corrected chi connectivity index (χ4v) is 5.11. The highest BCUT2D eigenvalue weighted by Gasteiger charge is 2.30. The smallest absolute Gasteiger partial charge is 0.312 e. The van der Waals surface area contributed by atoms with Crippen LogP contribution in [-0.4, -0.2) is 25.2 Å². The average molecular weight is 458 g/mol. The van der Waals surface area contributed by atoms with Crippen molar-refractivity contribution in [2.45, 2.75) is 47.7 Å². The monoisotopic (exact) mass is 457 g/mol. The third-order valence-electron chi connectivity index (χ3n) is 6.79. The zero-order valence-electron chi connectivity index (χ0n) is 20.7. The Balaban J connectivity index is 1.73. The largest absolute Gasteiger partial charge is 0.332 e. The molecule has 0 aliphatic carbocycles. The van der Waals surface area contributed by atoms with Gasteiger partial charge < -0.3 is 9.47 Å². The number of fused-ring (bicyclic) bond motifs is 3. The van der Waals surface area contributed by atoms with Crippen molar-refractivity contribution in [3.8, 4) is 0 Å². The van der Waals surface area contributed by atoms with Gasteiger partial charge in [-0.1, -0.05) is 36.8 Å². The second-order valence-corrected chi connectivity index (χ2v) is 9.92. The van der Waals surface area contributed by atoms with E-state index in [1.165, 1.54) is 20.3 Å². The number of anilines is 2. The predicted molar refractivity (Wildman–Crippen MR) is 136 cm³/mol. The molecule has 34 heavy (non-hydrogen) atoms. The summed E-state index contributed by atoms with van der Waals surface area (Å²) in [4.78, 5) is 34.1. The van der Waals surface area contributed by atoms with E-state index in [0.717, 1.165) is 34.9 Å². The first kappa shape index (κ1) is 22.2. The molecule has 1 aliphatic rings. The summed E-state index contributed by atoms with van der Waals surface area (Å²) in [6.45, 7) is 12.1. The molecule has 0 bridgehead atoms. The van der Waals surface area contributed by atoms with E-state index in [4.69, 9.17) is 4.98 Å². The Bertz CT molecular complexity index is 1540. The quantitative estimate of drug-likeness (QED) is 0.467. The van der Waals surface area contributed by atoms with Crippen LogP contribution < -0.4 is 16.1 Å². The summed E-state index contributed by atoms with van der Waals surface area (Å²) in [6.07, 6.45) is 0. The molecule has 2 aromatic heterocycles. The lowest BCUT2D eigenvalue weighted by molar-refractivity contribution is 0.458. The van der Waals surface area contributed by atoms with Crippen LogP contribution in [0.15, 0.2) is 46.0 Å². The standard InChI is InChI=1S/C27H31N5O2/c1-16-7-8-20(5)21(10-16)15-32-25(33)23-24(29(6)27(32)34)28-26-30(13-19(4)14-31(23)26)22-11-17(2)9-18(3)12-22/h7-12,19H,13-15H2,1-6H3/t19-/m0/s1. The van der Waals surface area contributed by atoms with Gasteiger partial charge in [-0.2, -0.15) is 4.98 Å². The number of hydrogen-bond donors (Lipinski definition) is 0. The lowest BCUT2D eigenvalue weighted by Crippen LogP contribution is -2.40. The van der Waals surface area contributed by atoms with Gasteiger partial charge in [-0.3, -0.25) is 13.9 Å². The molecule has 0 saturated heterocycles. The number of aryl methyl sites for hydroxylation is 5. The van der Waals surface area contributed by atoms with Gasteiger partial charge in [-0.15, -0.1) is 0 Å². The van der Waals surface area contributed by atoms with Crippen molar-refractivity contribution in [1.82, 2.24) is 18.7 Å². The van der Waals surface area contributed by atoms with Crippen LogP contribution in [0.25, 0.3) is 11.2 Å². The molecule has 0 radical (unpaired) electrons. The van der Waals surface area contributed by atoms with Crippen LogP contribution in [0, 0.1) is 33.6 Å². The van der Waals surface area contributed by atoms with Crippen LogP contribution in [0.2, 0.25) is 0 Å². The molecule has 3 heterocycles. The summed E-state index contributed by atoms with van der Waals surface area (Å²) in [6, 6.07) is 12.6. The van der Waals surface area contributed by atoms with E-state index in [1.54, 1.807) is 7.05 Å². The third kappa shape index (κ3) is 3.56. The Morgan fingerprint density at radius 3 is 2.35 bits per heavy atom. The highest BCUT2D eigenvalue weighted by molar-refractivity contribution is 5.77. The van der Waals surface area contributed by atoms with Crippen molar-refractivity contribution in [1.29, 1.82) is 0 Å². The topological polar surface area (TPSA) is 65.1 Å². The van der Waals surface area contributed by atoms with E-state index in [2.05, 4.69) is 43.9 Å². The van der Waals surface area contributed by atoms with Gasteiger partial charge >= 0.3 is 5.69 Å². The lowest BCUT2D eigenvalue weighted by atomic mass is 10.1. The summed E-state index contributed by atoms with van der Waals surface area (Å²) < 4.78 is 4.86. The molecule has 1 aliphatic heterocycles. The van der Waals surface area contributed by atoms with E-state index >= 15 is 0 Å². The van der Waals surface area contributed by atoms with E-state index < -0.39 is 0 Å². The number of imidazole rings is 1. The predicted octanol–water partition coefficient (Wildman–Crippen LogP) is 3.97. The summed E-state index contributed by atoms with van der Waals surface area (Å²) in [5.74, 6) is 1.03. The molecule has 0 spiro atoms. The molecule has 5 rings (SSSR count). The zero-order chi connectivity index (χ0) is 24.3. The number of rotatable bonds is 3. The fraction of sp³-hybridized carbons (Fsp3) is 0.370. The van der Waals surface area contributed by atoms with Crippen molar-refractivity contribution in [2.75, 3.05) is 11.4 Å². The maximum atomic E-state index is 13.8. The molecule has 7 nitrogen and oxygen atoms in total. The maximum Gasteiger partial charge on any atom is 0.332 e. The van der Waals surface area contributed by atoms with Crippen molar-refractivity contribution in [3.05, 3.63) is 85.1 Å². The summed E-state index contributed by atoms with van der Waals surface area (Å²) in [7, 11) is 1.70. The molecule has 4 aromatic rings. The van der Waals surface area contributed by atoms with Gasteiger partial charge in [0.1, 0.15) is 0 Å². The summed E-state index contributed by atoms with van der Waals surface area (Å²) >= 11 is 0. The molecule has 0 unspecified atom stereocenters. The van der Waals surface area contributed by atoms with Crippen LogP contribution in [0.5, 0.6) is 0 Å². The first-order valence-corrected chi connectivity index (χ1v) is 11.8. The highest BCUT2D eigenvalue weighted by Crippen LogP contribution is 2.33. The first-order valence-electron chi connectivity index (χ1n) is 11.8. The van der Waals surface area contributed by atoms with Crippen LogP contribution >= 0.6 is 0 Å². The molecular weight excluding hydrogens is 426 g/mol. The fourth-order valence-electron chi connectivity index (χ4n) is 5.11. The van der Waals surface area contributed by atoms with Crippen LogP contribution in [0.1, 0.15) is 34.7 Å². The number of aromatic nitrogens is 4. The zero-order valence-corrected chi connectivity index (χ0v) is 20.7. The Hall–Kier alpha value is -3.61.